The molecule has 0 amide bonds. The van der Waals surface area contributed by atoms with Crippen molar-refractivity contribution in [1.82, 2.24) is 5.32 Å². The Balaban J connectivity index is 1.70. The lowest BCUT2D eigenvalue weighted by atomic mass is 9.89. The van der Waals surface area contributed by atoms with Crippen LogP contribution in [0.25, 0.3) is 0 Å². The Morgan fingerprint density at radius 3 is 2.71 bits per heavy atom. The molecule has 3 unspecified atom stereocenters. The van der Waals surface area contributed by atoms with Crippen molar-refractivity contribution in [3.05, 3.63) is 28.2 Å². The maximum Gasteiger partial charge on any atom is 0.119 e. The number of ether oxygens (including phenoxy) is 1. The van der Waals surface area contributed by atoms with Crippen molar-refractivity contribution in [3.63, 3.8) is 0 Å². The SMILES string of the molecule is CCCNC(Cc1cc(OC)ccc1Br)C1CC2CC2C1. The summed E-state index contributed by atoms with van der Waals surface area (Å²) in [5.74, 6) is 3.92. The van der Waals surface area contributed by atoms with Gasteiger partial charge in [0.2, 0.25) is 0 Å². The molecule has 0 aliphatic heterocycles. The average molecular weight is 352 g/mol. The van der Waals surface area contributed by atoms with E-state index < -0.39 is 0 Å². The molecule has 116 valence electrons. The monoisotopic (exact) mass is 351 g/mol. The van der Waals surface area contributed by atoms with Crippen molar-refractivity contribution < 1.29 is 4.74 Å². The molecule has 3 atom stereocenters. The van der Waals surface area contributed by atoms with Gasteiger partial charge in [0, 0.05) is 10.5 Å². The van der Waals surface area contributed by atoms with Gasteiger partial charge in [0.05, 0.1) is 7.11 Å². The highest BCUT2D eigenvalue weighted by molar-refractivity contribution is 9.10. The lowest BCUT2D eigenvalue weighted by Gasteiger charge is -2.27. The minimum atomic E-state index is 0.612. The van der Waals surface area contributed by atoms with E-state index in [9.17, 15) is 0 Å². The quantitative estimate of drug-likeness (QED) is 0.785. The molecule has 2 aliphatic rings. The van der Waals surface area contributed by atoms with Crippen LogP contribution in [-0.2, 0) is 6.42 Å². The lowest BCUT2D eigenvalue weighted by Crippen LogP contribution is -2.38. The van der Waals surface area contributed by atoms with Crippen LogP contribution in [0.5, 0.6) is 5.75 Å². The largest absolute Gasteiger partial charge is 0.497 e. The third-order valence-corrected chi connectivity index (χ3v) is 5.97. The first-order valence-electron chi connectivity index (χ1n) is 8.27. The number of hydrogen-bond donors (Lipinski definition) is 1. The molecule has 2 saturated carbocycles. The Labute approximate surface area is 136 Å². The molecule has 0 saturated heterocycles. The normalized spacial score (nSPS) is 28.2. The zero-order chi connectivity index (χ0) is 14.8. The molecule has 1 N–H and O–H groups in total. The second-order valence-electron chi connectivity index (χ2n) is 6.71. The summed E-state index contributed by atoms with van der Waals surface area (Å²) in [5.41, 5.74) is 1.36. The van der Waals surface area contributed by atoms with Crippen LogP contribution in [0.3, 0.4) is 0 Å². The van der Waals surface area contributed by atoms with Crippen molar-refractivity contribution in [3.8, 4) is 5.75 Å². The molecule has 0 bridgehead atoms. The van der Waals surface area contributed by atoms with Crippen molar-refractivity contribution in [2.45, 2.75) is 45.1 Å². The Bertz CT molecular complexity index is 480. The smallest absolute Gasteiger partial charge is 0.119 e. The summed E-state index contributed by atoms with van der Waals surface area (Å²) >= 11 is 3.70. The minimum absolute atomic E-state index is 0.612. The first-order chi connectivity index (χ1) is 10.2. The molecule has 2 fully saturated rings. The Morgan fingerprint density at radius 1 is 1.29 bits per heavy atom. The molecule has 0 spiro atoms. The molecule has 0 heterocycles. The van der Waals surface area contributed by atoms with Crippen LogP contribution in [0.4, 0.5) is 0 Å². The molecule has 1 aromatic rings. The highest BCUT2D eigenvalue weighted by Gasteiger charge is 2.47. The van der Waals surface area contributed by atoms with Gasteiger partial charge in [-0.05, 0) is 80.2 Å². The van der Waals surface area contributed by atoms with Gasteiger partial charge in [-0.1, -0.05) is 22.9 Å². The third kappa shape index (κ3) is 3.62. The number of hydrogen-bond acceptors (Lipinski definition) is 2. The van der Waals surface area contributed by atoms with Gasteiger partial charge in [0.15, 0.2) is 0 Å². The van der Waals surface area contributed by atoms with E-state index in [1.807, 2.05) is 6.07 Å². The summed E-state index contributed by atoms with van der Waals surface area (Å²) in [6.45, 7) is 3.37. The van der Waals surface area contributed by atoms with Crippen molar-refractivity contribution in [2.75, 3.05) is 13.7 Å². The lowest BCUT2D eigenvalue weighted by molar-refractivity contribution is 0.331. The highest BCUT2D eigenvalue weighted by Crippen LogP contribution is 2.55. The predicted octanol–water partition coefficient (Wildman–Crippen LogP) is 4.41. The van der Waals surface area contributed by atoms with Gasteiger partial charge < -0.3 is 10.1 Å². The van der Waals surface area contributed by atoms with E-state index in [1.54, 1.807) is 7.11 Å². The first kappa shape index (κ1) is 15.4. The third-order valence-electron chi connectivity index (χ3n) is 5.20. The molecule has 2 nitrogen and oxygen atoms in total. The highest BCUT2D eigenvalue weighted by atomic mass is 79.9. The zero-order valence-corrected chi connectivity index (χ0v) is 14.7. The van der Waals surface area contributed by atoms with E-state index in [-0.39, 0.29) is 0 Å². The molecule has 2 aliphatic carbocycles. The van der Waals surface area contributed by atoms with Crippen molar-refractivity contribution in [2.24, 2.45) is 17.8 Å². The molecule has 0 aromatic heterocycles. The van der Waals surface area contributed by atoms with Gasteiger partial charge in [-0.15, -0.1) is 0 Å². The van der Waals surface area contributed by atoms with Crippen LogP contribution in [0.2, 0.25) is 0 Å². The summed E-state index contributed by atoms with van der Waals surface area (Å²) in [6, 6.07) is 6.92. The Hall–Kier alpha value is -0.540. The second kappa shape index (κ2) is 6.70. The van der Waals surface area contributed by atoms with Crippen molar-refractivity contribution in [1.29, 1.82) is 0 Å². The van der Waals surface area contributed by atoms with Gasteiger partial charge in [0.25, 0.3) is 0 Å². The van der Waals surface area contributed by atoms with Crippen LogP contribution in [0.15, 0.2) is 22.7 Å². The van der Waals surface area contributed by atoms with Gasteiger partial charge in [-0.25, -0.2) is 0 Å². The van der Waals surface area contributed by atoms with E-state index >= 15 is 0 Å². The minimum Gasteiger partial charge on any atom is -0.497 e. The molecule has 3 rings (SSSR count). The fourth-order valence-electron chi connectivity index (χ4n) is 3.90. The van der Waals surface area contributed by atoms with E-state index in [0.717, 1.165) is 36.5 Å². The van der Waals surface area contributed by atoms with Crippen LogP contribution < -0.4 is 10.1 Å². The molecule has 3 heteroatoms. The summed E-state index contributed by atoms with van der Waals surface area (Å²) in [7, 11) is 1.74. The van der Waals surface area contributed by atoms with E-state index in [2.05, 4.69) is 40.3 Å². The maximum atomic E-state index is 5.38. The topological polar surface area (TPSA) is 21.3 Å². The van der Waals surface area contributed by atoms with Gasteiger partial charge in [-0.3, -0.25) is 0 Å². The van der Waals surface area contributed by atoms with Gasteiger partial charge >= 0.3 is 0 Å². The number of fused-ring (bicyclic) bond motifs is 1. The maximum absolute atomic E-state index is 5.38. The van der Waals surface area contributed by atoms with Gasteiger partial charge in [-0.2, -0.15) is 0 Å². The van der Waals surface area contributed by atoms with E-state index in [0.29, 0.717) is 6.04 Å². The average Bonchev–Trinajstić information content (AvgIpc) is 3.11. The standard InChI is InChI=1S/C18H26BrNO/c1-3-6-20-18(15-8-12-7-13(12)9-15)11-14-10-16(21-2)4-5-17(14)19/h4-5,10,12-13,15,18,20H,3,6-9,11H2,1-2H3. The Morgan fingerprint density at radius 2 is 2.05 bits per heavy atom. The fraction of sp³-hybridized carbons (Fsp3) is 0.667. The number of rotatable bonds is 7. The van der Waals surface area contributed by atoms with Crippen molar-refractivity contribution >= 4 is 15.9 Å². The number of halogens is 1. The molecule has 21 heavy (non-hydrogen) atoms. The zero-order valence-electron chi connectivity index (χ0n) is 13.1. The molecule has 0 radical (unpaired) electrons. The van der Waals surface area contributed by atoms with Gasteiger partial charge in [0.1, 0.15) is 5.75 Å². The summed E-state index contributed by atoms with van der Waals surface area (Å²) in [6.07, 6.45) is 6.68. The second-order valence-corrected chi connectivity index (χ2v) is 7.56. The van der Waals surface area contributed by atoms with E-state index in [4.69, 9.17) is 4.74 Å². The first-order valence-corrected chi connectivity index (χ1v) is 9.06. The molecular weight excluding hydrogens is 326 g/mol. The summed E-state index contributed by atoms with van der Waals surface area (Å²) in [5, 5.41) is 3.80. The number of nitrogens with one attached hydrogen (secondary N) is 1. The fourth-order valence-corrected chi connectivity index (χ4v) is 4.31. The van der Waals surface area contributed by atoms with Crippen LogP contribution in [0.1, 0.15) is 38.2 Å². The van der Waals surface area contributed by atoms with Crippen LogP contribution in [-0.4, -0.2) is 19.7 Å². The van der Waals surface area contributed by atoms with E-state index in [1.165, 1.54) is 35.7 Å². The van der Waals surface area contributed by atoms with Crippen LogP contribution >= 0.6 is 15.9 Å². The molecular formula is C18H26BrNO. The van der Waals surface area contributed by atoms with Crippen LogP contribution in [0, 0.1) is 17.8 Å². The predicted molar refractivity (Wildman–Crippen MR) is 90.8 cm³/mol. The number of methoxy groups -OCH3 is 1. The summed E-state index contributed by atoms with van der Waals surface area (Å²) in [4.78, 5) is 0. The summed E-state index contributed by atoms with van der Waals surface area (Å²) < 4.78 is 6.58. The molecule has 1 aromatic carbocycles. The Kier molecular flexibility index (Phi) is 4.90. The number of benzene rings is 1.